The van der Waals surface area contributed by atoms with E-state index in [9.17, 15) is 9.90 Å². The lowest BCUT2D eigenvalue weighted by Gasteiger charge is -2.11. The minimum atomic E-state index is -0.232. The van der Waals surface area contributed by atoms with Gasteiger partial charge in [-0.25, -0.2) is 4.68 Å². The number of carbonyl (C=O) groups excluding carboxylic acids is 1. The van der Waals surface area contributed by atoms with Crippen LogP contribution in [0.25, 0.3) is 11.8 Å². The van der Waals surface area contributed by atoms with Gasteiger partial charge in [0, 0.05) is 0 Å². The Hall–Kier alpha value is -3.67. The van der Waals surface area contributed by atoms with Crippen LogP contribution in [0.3, 0.4) is 0 Å². The van der Waals surface area contributed by atoms with Gasteiger partial charge in [0.2, 0.25) is 5.88 Å². The van der Waals surface area contributed by atoms with Gasteiger partial charge in [-0.1, -0.05) is 36.4 Å². The van der Waals surface area contributed by atoms with Gasteiger partial charge in [0.25, 0.3) is 5.91 Å². The first kappa shape index (κ1) is 16.8. The number of para-hydroxylation sites is 2. The molecule has 0 spiro atoms. The Morgan fingerprint density at radius 1 is 0.926 bits per heavy atom. The predicted octanol–water partition coefficient (Wildman–Crippen LogP) is 3.69. The molecule has 27 heavy (non-hydrogen) atoms. The van der Waals surface area contributed by atoms with E-state index in [1.54, 1.807) is 19.9 Å². The van der Waals surface area contributed by atoms with Crippen LogP contribution in [0.15, 0.2) is 71.3 Å². The predicted molar refractivity (Wildman–Crippen MR) is 105 cm³/mol. The Bertz CT molecular complexity index is 1070. The van der Waals surface area contributed by atoms with Crippen LogP contribution in [-0.2, 0) is 4.79 Å². The third kappa shape index (κ3) is 2.91. The van der Waals surface area contributed by atoms with Crippen molar-refractivity contribution in [1.82, 2.24) is 9.78 Å². The molecule has 3 aromatic rings. The molecule has 4 rings (SSSR count). The molecular weight excluding hydrogens is 340 g/mol. The monoisotopic (exact) mass is 358 g/mol. The molecule has 1 aliphatic rings. The van der Waals surface area contributed by atoms with Crippen molar-refractivity contribution in [2.45, 2.75) is 13.8 Å². The molecule has 2 heterocycles. The SMILES string of the molecule is CC1=NN(c2ccccc2)C(=O)/C1=C\c1c(C)nn(-c2ccccc2)c1O. The normalized spacial score (nSPS) is 15.5. The average molecular weight is 358 g/mol. The summed E-state index contributed by atoms with van der Waals surface area (Å²) < 4.78 is 1.46. The highest BCUT2D eigenvalue weighted by Gasteiger charge is 2.29. The first-order valence-corrected chi connectivity index (χ1v) is 8.57. The van der Waals surface area contributed by atoms with E-state index < -0.39 is 0 Å². The second kappa shape index (κ2) is 6.57. The van der Waals surface area contributed by atoms with Crippen LogP contribution < -0.4 is 5.01 Å². The number of anilines is 1. The van der Waals surface area contributed by atoms with Gasteiger partial charge in [0.15, 0.2) is 0 Å². The number of amides is 1. The molecule has 0 fully saturated rings. The number of aryl methyl sites for hydroxylation is 1. The fourth-order valence-electron chi connectivity index (χ4n) is 3.02. The summed E-state index contributed by atoms with van der Waals surface area (Å²) >= 11 is 0. The molecule has 0 unspecified atom stereocenters. The fourth-order valence-corrected chi connectivity index (χ4v) is 3.02. The summed E-state index contributed by atoms with van der Waals surface area (Å²) in [6.45, 7) is 3.58. The first-order chi connectivity index (χ1) is 13.1. The Balaban J connectivity index is 1.74. The minimum Gasteiger partial charge on any atom is -0.493 e. The second-order valence-corrected chi connectivity index (χ2v) is 6.27. The number of aromatic nitrogens is 2. The summed E-state index contributed by atoms with van der Waals surface area (Å²) in [4.78, 5) is 12.9. The Labute approximate surface area is 156 Å². The molecule has 1 N–H and O–H groups in total. The summed E-state index contributed by atoms with van der Waals surface area (Å²) in [5, 5.41) is 20.8. The van der Waals surface area contributed by atoms with Crippen LogP contribution in [0, 0.1) is 6.92 Å². The zero-order valence-corrected chi connectivity index (χ0v) is 15.0. The molecule has 6 nitrogen and oxygen atoms in total. The number of aromatic hydroxyl groups is 1. The van der Waals surface area contributed by atoms with Gasteiger partial charge in [0.1, 0.15) is 0 Å². The summed E-state index contributed by atoms with van der Waals surface area (Å²) in [6.07, 6.45) is 1.65. The van der Waals surface area contributed by atoms with Crippen LogP contribution >= 0.6 is 0 Å². The van der Waals surface area contributed by atoms with Crippen molar-refractivity contribution in [3.8, 4) is 11.6 Å². The van der Waals surface area contributed by atoms with E-state index in [0.717, 1.165) is 5.69 Å². The standard InChI is InChI=1S/C21H18N4O2/c1-14-18(20(26)24(22-14)16-9-5-3-6-10-16)13-19-15(2)23-25(21(19)27)17-11-7-4-8-12-17/h3-13,26H,1-2H3/b19-13-. The van der Waals surface area contributed by atoms with Crippen molar-refractivity contribution in [1.29, 1.82) is 0 Å². The molecule has 134 valence electrons. The van der Waals surface area contributed by atoms with Crippen molar-refractivity contribution < 1.29 is 9.90 Å². The second-order valence-electron chi connectivity index (χ2n) is 6.27. The quantitative estimate of drug-likeness (QED) is 0.726. The highest BCUT2D eigenvalue weighted by Crippen LogP contribution is 2.30. The van der Waals surface area contributed by atoms with Gasteiger partial charge >= 0.3 is 0 Å². The lowest BCUT2D eigenvalue weighted by molar-refractivity contribution is -0.114. The molecule has 0 saturated carbocycles. The number of hydrogen-bond acceptors (Lipinski definition) is 4. The highest BCUT2D eigenvalue weighted by molar-refractivity contribution is 6.32. The third-order valence-electron chi connectivity index (χ3n) is 4.43. The van der Waals surface area contributed by atoms with E-state index in [2.05, 4.69) is 10.2 Å². The molecule has 1 aliphatic heterocycles. The largest absolute Gasteiger partial charge is 0.493 e. The van der Waals surface area contributed by atoms with E-state index in [-0.39, 0.29) is 11.8 Å². The lowest BCUT2D eigenvalue weighted by Crippen LogP contribution is -2.21. The molecule has 0 saturated heterocycles. The molecule has 0 atom stereocenters. The topological polar surface area (TPSA) is 70.7 Å². The number of rotatable bonds is 3. The Kier molecular flexibility index (Phi) is 4.08. The van der Waals surface area contributed by atoms with Gasteiger partial charge in [0.05, 0.1) is 33.9 Å². The average Bonchev–Trinajstić information content (AvgIpc) is 3.14. The number of benzene rings is 2. The maximum atomic E-state index is 12.9. The van der Waals surface area contributed by atoms with Crippen LogP contribution in [0.1, 0.15) is 18.2 Å². The maximum absolute atomic E-state index is 12.9. The molecule has 0 radical (unpaired) electrons. The van der Waals surface area contributed by atoms with Crippen molar-refractivity contribution in [3.05, 3.63) is 77.5 Å². The highest BCUT2D eigenvalue weighted by atomic mass is 16.3. The van der Waals surface area contributed by atoms with Crippen molar-refractivity contribution >= 4 is 23.4 Å². The van der Waals surface area contributed by atoms with Crippen LogP contribution in [0.5, 0.6) is 5.88 Å². The third-order valence-corrected chi connectivity index (χ3v) is 4.43. The van der Waals surface area contributed by atoms with E-state index >= 15 is 0 Å². The molecule has 1 amide bonds. The Morgan fingerprint density at radius 2 is 1.52 bits per heavy atom. The summed E-state index contributed by atoms with van der Waals surface area (Å²) in [7, 11) is 0. The van der Waals surface area contributed by atoms with Crippen molar-refractivity contribution in [3.63, 3.8) is 0 Å². The number of hydrogen-bond donors (Lipinski definition) is 1. The molecule has 2 aromatic carbocycles. The summed E-state index contributed by atoms with van der Waals surface area (Å²) in [5.74, 6) is -0.241. The first-order valence-electron chi connectivity index (χ1n) is 8.57. The maximum Gasteiger partial charge on any atom is 0.280 e. The summed E-state index contributed by atoms with van der Waals surface area (Å²) in [5.41, 5.74) is 3.61. The van der Waals surface area contributed by atoms with E-state index in [1.165, 1.54) is 9.69 Å². The Morgan fingerprint density at radius 3 is 2.15 bits per heavy atom. The van der Waals surface area contributed by atoms with Gasteiger partial charge in [-0.15, -0.1) is 0 Å². The zero-order chi connectivity index (χ0) is 19.0. The number of hydrazone groups is 1. The number of nitrogens with zero attached hydrogens (tertiary/aromatic N) is 4. The van der Waals surface area contributed by atoms with Crippen LogP contribution in [0.2, 0.25) is 0 Å². The van der Waals surface area contributed by atoms with Gasteiger partial charge < -0.3 is 5.11 Å². The van der Waals surface area contributed by atoms with Crippen molar-refractivity contribution in [2.24, 2.45) is 5.10 Å². The van der Waals surface area contributed by atoms with Gasteiger partial charge in [-0.2, -0.15) is 15.2 Å². The fraction of sp³-hybridized carbons (Fsp3) is 0.0952. The van der Waals surface area contributed by atoms with Crippen molar-refractivity contribution in [2.75, 3.05) is 5.01 Å². The molecule has 1 aromatic heterocycles. The summed E-state index contributed by atoms with van der Waals surface area (Å²) in [6, 6.07) is 18.6. The smallest absolute Gasteiger partial charge is 0.280 e. The number of carbonyl (C=O) groups is 1. The van der Waals surface area contributed by atoms with E-state index in [0.29, 0.717) is 28.2 Å². The molecule has 0 bridgehead atoms. The minimum absolute atomic E-state index is 0.00930. The van der Waals surface area contributed by atoms with E-state index in [4.69, 9.17) is 0 Å². The van der Waals surface area contributed by atoms with Gasteiger partial charge in [-0.3, -0.25) is 4.79 Å². The van der Waals surface area contributed by atoms with Crippen LogP contribution in [0.4, 0.5) is 5.69 Å². The lowest BCUT2D eigenvalue weighted by atomic mass is 10.1. The molecular formula is C21H18N4O2. The molecule has 6 heteroatoms. The zero-order valence-electron chi connectivity index (χ0n) is 15.0. The van der Waals surface area contributed by atoms with Crippen LogP contribution in [-0.4, -0.2) is 26.5 Å². The van der Waals surface area contributed by atoms with E-state index in [1.807, 2.05) is 60.7 Å². The van der Waals surface area contributed by atoms with Gasteiger partial charge in [-0.05, 0) is 44.2 Å². The molecule has 0 aliphatic carbocycles.